The number of aryl methyl sites for hydroxylation is 1. The second-order valence-electron chi connectivity index (χ2n) is 7.51. The largest absolute Gasteiger partial charge is 0.435 e. The van der Waals surface area contributed by atoms with E-state index in [1.54, 1.807) is 23.5 Å². The van der Waals surface area contributed by atoms with Crippen LogP contribution in [0.5, 0.6) is 11.6 Å². The van der Waals surface area contributed by atoms with Crippen LogP contribution in [0.3, 0.4) is 0 Å². The van der Waals surface area contributed by atoms with Crippen molar-refractivity contribution in [3.8, 4) is 11.6 Å². The highest BCUT2D eigenvalue weighted by atomic mass is 16.5. The van der Waals surface area contributed by atoms with Gasteiger partial charge in [0.05, 0.1) is 12.2 Å². The minimum Gasteiger partial charge on any atom is -0.435 e. The summed E-state index contributed by atoms with van der Waals surface area (Å²) in [6.45, 7) is 4.07. The van der Waals surface area contributed by atoms with Crippen LogP contribution >= 0.6 is 0 Å². The van der Waals surface area contributed by atoms with E-state index in [-0.39, 0.29) is 24.3 Å². The minimum absolute atomic E-state index is 0.0281. The fraction of sp³-hybridized carbons (Fsp3) is 0.476. The van der Waals surface area contributed by atoms with Crippen molar-refractivity contribution in [2.24, 2.45) is 0 Å². The van der Waals surface area contributed by atoms with Gasteiger partial charge in [-0.25, -0.2) is 4.98 Å². The predicted molar refractivity (Wildman–Crippen MR) is 105 cm³/mol. The Labute approximate surface area is 169 Å². The van der Waals surface area contributed by atoms with Crippen LogP contribution in [0.25, 0.3) is 0 Å². The number of piperidine rings is 1. The average Bonchev–Trinajstić information content (AvgIpc) is 3.15. The van der Waals surface area contributed by atoms with Crippen molar-refractivity contribution < 1.29 is 14.3 Å². The van der Waals surface area contributed by atoms with Crippen LogP contribution in [0.1, 0.15) is 43.0 Å². The van der Waals surface area contributed by atoms with Crippen LogP contribution in [0, 0.1) is 6.92 Å². The number of nitrogens with zero attached hydrogens (tertiary/aromatic N) is 5. The fourth-order valence-electron chi connectivity index (χ4n) is 3.91. The first-order valence-corrected chi connectivity index (χ1v) is 10.1. The zero-order valence-corrected chi connectivity index (χ0v) is 16.6. The van der Waals surface area contributed by atoms with E-state index in [1.807, 2.05) is 24.0 Å². The highest BCUT2D eigenvalue weighted by Gasteiger charge is 2.30. The Hall–Kier alpha value is -3.03. The monoisotopic (exact) mass is 395 g/mol. The summed E-state index contributed by atoms with van der Waals surface area (Å²) in [5.41, 5.74) is 1.61. The first-order valence-electron chi connectivity index (χ1n) is 10.1. The van der Waals surface area contributed by atoms with E-state index in [1.165, 1.54) is 0 Å². The molecule has 0 atom stereocenters. The molecule has 0 N–H and O–H groups in total. The summed E-state index contributed by atoms with van der Waals surface area (Å²) in [6.07, 6.45) is 8.01. The van der Waals surface area contributed by atoms with Crippen molar-refractivity contribution in [3.63, 3.8) is 0 Å². The first-order chi connectivity index (χ1) is 14.1. The maximum absolute atomic E-state index is 12.6. The number of hydrogen-bond donors (Lipinski definition) is 0. The molecule has 4 rings (SSSR count). The normalized spacial score (nSPS) is 17.6. The molecule has 4 heterocycles. The number of carbonyl (C=O) groups excluding carboxylic acids is 2. The number of ether oxygens (including phenoxy) is 1. The predicted octanol–water partition coefficient (Wildman–Crippen LogP) is 2.30. The molecule has 0 radical (unpaired) electrons. The van der Waals surface area contributed by atoms with Crippen LogP contribution < -0.4 is 4.74 Å². The molecule has 29 heavy (non-hydrogen) atoms. The molecule has 0 aliphatic carbocycles. The molecular formula is C21H25N5O3. The SMILES string of the molecule is Cc1ncccc1Oc1nccnc1C1CCN(C(=O)CN2CCCC2=O)CC1. The summed E-state index contributed by atoms with van der Waals surface area (Å²) in [7, 11) is 0. The Kier molecular flexibility index (Phi) is 5.69. The van der Waals surface area contributed by atoms with Gasteiger partial charge in [0.2, 0.25) is 17.7 Å². The maximum Gasteiger partial charge on any atom is 0.242 e. The smallest absolute Gasteiger partial charge is 0.242 e. The summed E-state index contributed by atoms with van der Waals surface area (Å²) >= 11 is 0. The molecule has 8 heteroatoms. The molecule has 2 aromatic heterocycles. The molecule has 0 spiro atoms. The molecule has 2 aliphatic rings. The number of likely N-dealkylation sites (tertiary alicyclic amines) is 2. The molecule has 2 aliphatic heterocycles. The third-order valence-corrected chi connectivity index (χ3v) is 5.59. The highest BCUT2D eigenvalue weighted by Crippen LogP contribution is 2.34. The molecule has 2 amide bonds. The van der Waals surface area contributed by atoms with Gasteiger partial charge in [0.1, 0.15) is 5.69 Å². The van der Waals surface area contributed by atoms with E-state index < -0.39 is 0 Å². The Morgan fingerprint density at radius 2 is 1.93 bits per heavy atom. The Bertz CT molecular complexity index is 895. The number of amides is 2. The topological polar surface area (TPSA) is 88.5 Å². The summed E-state index contributed by atoms with van der Waals surface area (Å²) < 4.78 is 6.01. The second-order valence-corrected chi connectivity index (χ2v) is 7.51. The number of hydrogen-bond acceptors (Lipinski definition) is 6. The van der Waals surface area contributed by atoms with Crippen LogP contribution in [-0.2, 0) is 9.59 Å². The van der Waals surface area contributed by atoms with Crippen LogP contribution in [0.15, 0.2) is 30.7 Å². The lowest BCUT2D eigenvalue weighted by atomic mass is 9.93. The van der Waals surface area contributed by atoms with Crippen molar-refractivity contribution in [2.75, 3.05) is 26.2 Å². The molecule has 0 unspecified atom stereocenters. The third-order valence-electron chi connectivity index (χ3n) is 5.59. The van der Waals surface area contributed by atoms with Gasteiger partial charge >= 0.3 is 0 Å². The summed E-state index contributed by atoms with van der Waals surface area (Å²) in [6, 6.07) is 3.69. The van der Waals surface area contributed by atoms with Gasteiger partial charge in [-0.3, -0.25) is 19.6 Å². The van der Waals surface area contributed by atoms with Crippen molar-refractivity contribution in [3.05, 3.63) is 42.1 Å². The summed E-state index contributed by atoms with van der Waals surface area (Å²) in [5, 5.41) is 0. The number of pyridine rings is 1. The van der Waals surface area contributed by atoms with Crippen LogP contribution in [-0.4, -0.2) is 62.7 Å². The lowest BCUT2D eigenvalue weighted by molar-refractivity contribution is -0.139. The first kappa shape index (κ1) is 19.3. The Morgan fingerprint density at radius 3 is 2.66 bits per heavy atom. The van der Waals surface area contributed by atoms with Crippen molar-refractivity contribution in [1.29, 1.82) is 0 Å². The molecule has 8 nitrogen and oxygen atoms in total. The fourth-order valence-corrected chi connectivity index (χ4v) is 3.91. The van der Waals surface area contributed by atoms with Crippen molar-refractivity contribution >= 4 is 11.8 Å². The lowest BCUT2D eigenvalue weighted by Crippen LogP contribution is -2.44. The molecule has 2 aromatic rings. The van der Waals surface area contributed by atoms with Crippen molar-refractivity contribution in [1.82, 2.24) is 24.8 Å². The van der Waals surface area contributed by atoms with Gasteiger partial charge in [0.25, 0.3) is 0 Å². The average molecular weight is 395 g/mol. The van der Waals surface area contributed by atoms with Gasteiger partial charge in [-0.15, -0.1) is 0 Å². The Morgan fingerprint density at radius 1 is 1.14 bits per heavy atom. The van der Waals surface area contributed by atoms with Gasteiger partial charge in [-0.2, -0.15) is 0 Å². The van der Waals surface area contributed by atoms with E-state index in [4.69, 9.17) is 4.74 Å². The number of rotatable bonds is 5. The molecule has 0 saturated carbocycles. The van der Waals surface area contributed by atoms with Gasteiger partial charge in [-0.1, -0.05) is 0 Å². The molecular weight excluding hydrogens is 370 g/mol. The van der Waals surface area contributed by atoms with Gasteiger partial charge in [0, 0.05) is 50.6 Å². The second kappa shape index (κ2) is 8.55. The molecule has 2 saturated heterocycles. The molecule has 0 aromatic carbocycles. The number of carbonyl (C=O) groups is 2. The number of aromatic nitrogens is 3. The van der Waals surface area contributed by atoms with E-state index >= 15 is 0 Å². The zero-order valence-electron chi connectivity index (χ0n) is 16.6. The maximum atomic E-state index is 12.6. The lowest BCUT2D eigenvalue weighted by Gasteiger charge is -2.33. The third kappa shape index (κ3) is 4.36. The molecule has 2 fully saturated rings. The van der Waals surface area contributed by atoms with Gasteiger partial charge in [-0.05, 0) is 38.3 Å². The van der Waals surface area contributed by atoms with Gasteiger partial charge < -0.3 is 14.5 Å². The minimum atomic E-state index is 0.0281. The van der Waals surface area contributed by atoms with Crippen molar-refractivity contribution in [2.45, 2.75) is 38.5 Å². The van der Waals surface area contributed by atoms with Crippen LogP contribution in [0.4, 0.5) is 0 Å². The zero-order chi connectivity index (χ0) is 20.2. The highest BCUT2D eigenvalue weighted by molar-refractivity contribution is 5.85. The Balaban J connectivity index is 1.39. The molecule has 152 valence electrons. The standard InChI is InChI=1S/C21H25N5O3/c1-15-17(4-2-8-22-15)29-21-20(23-9-10-24-21)16-6-12-25(13-7-16)19(28)14-26-11-3-5-18(26)27/h2,4,8-10,16H,3,5-7,11-14H2,1H3. The van der Waals surface area contributed by atoms with E-state index in [2.05, 4.69) is 15.0 Å². The quantitative estimate of drug-likeness (QED) is 0.772. The summed E-state index contributed by atoms with van der Waals surface area (Å²) in [4.78, 5) is 41.0. The van der Waals surface area contributed by atoms with E-state index in [0.29, 0.717) is 37.7 Å². The van der Waals surface area contributed by atoms with Gasteiger partial charge in [0.15, 0.2) is 5.75 Å². The van der Waals surface area contributed by atoms with Crippen LogP contribution in [0.2, 0.25) is 0 Å². The van der Waals surface area contributed by atoms with E-state index in [9.17, 15) is 9.59 Å². The molecule has 0 bridgehead atoms. The summed E-state index contributed by atoms with van der Waals surface area (Å²) in [5.74, 6) is 1.45. The van der Waals surface area contributed by atoms with E-state index in [0.717, 1.165) is 30.7 Å².